The Hall–Kier alpha value is -0.750. The summed E-state index contributed by atoms with van der Waals surface area (Å²) in [6.07, 6.45) is 0. The van der Waals surface area contributed by atoms with E-state index in [9.17, 15) is 9.59 Å². The molecule has 0 bridgehead atoms. The first-order valence-corrected chi connectivity index (χ1v) is 5.44. The highest BCUT2D eigenvalue weighted by molar-refractivity contribution is 8.13. The van der Waals surface area contributed by atoms with Gasteiger partial charge in [-0.3, -0.25) is 4.79 Å². The van der Waals surface area contributed by atoms with Gasteiger partial charge in [-0.2, -0.15) is 0 Å². The second-order valence-corrected chi connectivity index (χ2v) is 4.86. The Balaban J connectivity index is 3.86. The molecule has 0 aromatic heterocycles. The van der Waals surface area contributed by atoms with Gasteiger partial charge in [0, 0.05) is 5.75 Å². The molecule has 0 aromatic rings. The highest BCUT2D eigenvalue weighted by atomic mass is 32.2. The summed E-state index contributed by atoms with van der Waals surface area (Å²) in [4.78, 5) is 22.1. The van der Waals surface area contributed by atoms with Gasteiger partial charge >= 0.3 is 11.3 Å². The molecule has 2 N–H and O–H groups in total. The Morgan fingerprint density at radius 1 is 1.40 bits per heavy atom. The third kappa shape index (κ3) is 7.21. The summed E-state index contributed by atoms with van der Waals surface area (Å²) in [5.41, 5.74) is 4.91. The zero-order valence-electron chi connectivity index (χ0n) is 9.40. The van der Waals surface area contributed by atoms with Crippen LogP contribution in [0.25, 0.3) is 0 Å². The number of carbonyl (C=O) groups is 2. The predicted octanol–water partition coefficient (Wildman–Crippen LogP) is 1.16. The first kappa shape index (κ1) is 14.2. The summed E-state index contributed by atoms with van der Waals surface area (Å²) in [6, 6.07) is -0.799. The molecule has 0 aliphatic rings. The van der Waals surface area contributed by atoms with Gasteiger partial charge in [0.1, 0.15) is 11.6 Å². The molecule has 0 aliphatic heterocycles. The molecule has 0 spiro atoms. The fraction of sp³-hybridized carbons (Fsp3) is 0.778. The van der Waals surface area contributed by atoms with Gasteiger partial charge in [0.2, 0.25) is 0 Å². The number of methoxy groups -OCH3 is 1. The van der Waals surface area contributed by atoms with Crippen molar-refractivity contribution in [2.24, 2.45) is 5.73 Å². The van der Waals surface area contributed by atoms with Gasteiger partial charge < -0.3 is 15.2 Å². The van der Waals surface area contributed by atoms with E-state index in [1.807, 2.05) is 0 Å². The Morgan fingerprint density at radius 3 is 2.33 bits per heavy atom. The van der Waals surface area contributed by atoms with Gasteiger partial charge in [-0.25, -0.2) is 4.79 Å². The predicted molar refractivity (Wildman–Crippen MR) is 58.7 cm³/mol. The van der Waals surface area contributed by atoms with E-state index in [4.69, 9.17) is 10.5 Å². The van der Waals surface area contributed by atoms with Crippen LogP contribution in [0.1, 0.15) is 20.8 Å². The Labute approximate surface area is 93.7 Å². The molecular weight excluding hydrogens is 218 g/mol. The van der Waals surface area contributed by atoms with Crippen molar-refractivity contribution in [2.45, 2.75) is 32.4 Å². The van der Waals surface area contributed by atoms with Crippen LogP contribution < -0.4 is 5.73 Å². The summed E-state index contributed by atoms with van der Waals surface area (Å²) < 4.78 is 9.43. The van der Waals surface area contributed by atoms with E-state index in [0.717, 1.165) is 11.8 Å². The monoisotopic (exact) mass is 235 g/mol. The fourth-order valence-corrected chi connectivity index (χ4v) is 1.42. The van der Waals surface area contributed by atoms with E-state index in [1.54, 1.807) is 20.8 Å². The molecule has 0 fully saturated rings. The number of hydrogen-bond donors (Lipinski definition) is 1. The smallest absolute Gasteiger partial charge is 0.367 e. The Kier molecular flexibility index (Phi) is 5.67. The molecule has 0 radical (unpaired) electrons. The molecule has 0 aliphatic carbocycles. The minimum absolute atomic E-state index is 0.154. The first-order valence-electron chi connectivity index (χ1n) is 4.45. The quantitative estimate of drug-likeness (QED) is 0.739. The molecular formula is C9H17NO4S. The van der Waals surface area contributed by atoms with Crippen LogP contribution in [0.15, 0.2) is 0 Å². The standard InChI is InChI=1S/C9H17NO4S/c1-9(2,3)14-8(12)15-5-6(10)7(11)13-4/h6H,5,10H2,1-4H3/t6-/m0/s1. The second kappa shape index (κ2) is 5.97. The van der Waals surface area contributed by atoms with Crippen LogP contribution in [-0.4, -0.2) is 35.8 Å². The summed E-state index contributed by atoms with van der Waals surface area (Å²) in [7, 11) is 1.25. The molecule has 0 rings (SSSR count). The van der Waals surface area contributed by atoms with Crippen LogP contribution in [0, 0.1) is 0 Å². The first-order chi connectivity index (χ1) is 6.76. The summed E-state index contributed by atoms with van der Waals surface area (Å²) in [6.45, 7) is 5.31. The number of nitrogens with two attached hydrogens (primary N) is 1. The second-order valence-electron chi connectivity index (χ2n) is 3.91. The maximum Gasteiger partial charge on any atom is 0.367 e. The average Bonchev–Trinajstić information content (AvgIpc) is 2.10. The average molecular weight is 235 g/mol. The van der Waals surface area contributed by atoms with Gasteiger partial charge in [-0.15, -0.1) is 0 Å². The molecule has 5 nitrogen and oxygen atoms in total. The lowest BCUT2D eigenvalue weighted by molar-refractivity contribution is -0.141. The lowest BCUT2D eigenvalue weighted by atomic mass is 10.2. The van der Waals surface area contributed by atoms with Crippen molar-refractivity contribution in [1.82, 2.24) is 0 Å². The number of carbonyl (C=O) groups excluding carboxylic acids is 2. The molecule has 88 valence electrons. The zero-order chi connectivity index (χ0) is 12.1. The van der Waals surface area contributed by atoms with Gasteiger partial charge in [0.15, 0.2) is 0 Å². The van der Waals surface area contributed by atoms with E-state index in [2.05, 4.69) is 4.74 Å². The molecule has 1 atom stereocenters. The van der Waals surface area contributed by atoms with Gasteiger partial charge in [0.05, 0.1) is 7.11 Å². The van der Waals surface area contributed by atoms with E-state index in [0.29, 0.717) is 0 Å². The van der Waals surface area contributed by atoms with Crippen LogP contribution in [0.3, 0.4) is 0 Å². The van der Waals surface area contributed by atoms with Crippen molar-refractivity contribution >= 4 is 23.0 Å². The number of rotatable bonds is 3. The highest BCUT2D eigenvalue weighted by Crippen LogP contribution is 2.15. The minimum atomic E-state index is -0.799. The number of thioether (sulfide) groups is 1. The van der Waals surface area contributed by atoms with Crippen molar-refractivity contribution in [3.05, 3.63) is 0 Å². The van der Waals surface area contributed by atoms with Crippen molar-refractivity contribution in [1.29, 1.82) is 0 Å². The zero-order valence-corrected chi connectivity index (χ0v) is 10.2. The maximum absolute atomic E-state index is 11.2. The third-order valence-corrected chi connectivity index (χ3v) is 2.12. The topological polar surface area (TPSA) is 78.6 Å². The molecule has 0 saturated carbocycles. The molecule has 0 heterocycles. The SMILES string of the molecule is COC(=O)[C@@H](N)CSC(=O)OC(C)(C)C. The van der Waals surface area contributed by atoms with Crippen molar-refractivity contribution in [3.63, 3.8) is 0 Å². The minimum Gasteiger partial charge on any atom is -0.468 e. The van der Waals surface area contributed by atoms with Crippen LogP contribution in [0.5, 0.6) is 0 Å². The van der Waals surface area contributed by atoms with Crippen LogP contribution in [0.2, 0.25) is 0 Å². The normalized spacial score (nSPS) is 13.1. The summed E-state index contributed by atoms with van der Waals surface area (Å²) >= 11 is 0.868. The Morgan fingerprint density at radius 2 is 1.93 bits per heavy atom. The molecule has 0 saturated heterocycles. The van der Waals surface area contributed by atoms with Crippen molar-refractivity contribution < 1.29 is 19.1 Å². The molecule has 6 heteroatoms. The fourth-order valence-electron chi connectivity index (χ4n) is 0.657. The molecule has 0 amide bonds. The van der Waals surface area contributed by atoms with Crippen molar-refractivity contribution in [2.75, 3.05) is 12.9 Å². The molecule has 0 unspecified atom stereocenters. The lowest BCUT2D eigenvalue weighted by Gasteiger charge is -2.19. The van der Waals surface area contributed by atoms with E-state index < -0.39 is 22.9 Å². The van der Waals surface area contributed by atoms with E-state index >= 15 is 0 Å². The lowest BCUT2D eigenvalue weighted by Crippen LogP contribution is -2.34. The summed E-state index contributed by atoms with van der Waals surface area (Å²) in [5.74, 6) is -0.382. The van der Waals surface area contributed by atoms with Gasteiger partial charge in [-0.05, 0) is 32.5 Å². The van der Waals surface area contributed by atoms with Gasteiger partial charge in [0.25, 0.3) is 0 Å². The van der Waals surface area contributed by atoms with Crippen LogP contribution >= 0.6 is 11.8 Å². The van der Waals surface area contributed by atoms with Crippen molar-refractivity contribution in [3.8, 4) is 0 Å². The number of hydrogen-bond acceptors (Lipinski definition) is 6. The summed E-state index contributed by atoms with van der Waals surface area (Å²) in [5, 5.41) is -0.443. The van der Waals surface area contributed by atoms with Crippen LogP contribution in [0.4, 0.5) is 4.79 Å². The maximum atomic E-state index is 11.2. The molecule has 0 aromatic carbocycles. The van der Waals surface area contributed by atoms with E-state index in [1.165, 1.54) is 7.11 Å². The van der Waals surface area contributed by atoms with E-state index in [-0.39, 0.29) is 5.75 Å². The third-order valence-electron chi connectivity index (χ3n) is 1.27. The van der Waals surface area contributed by atoms with Gasteiger partial charge in [-0.1, -0.05) is 0 Å². The largest absolute Gasteiger partial charge is 0.468 e. The Bertz CT molecular complexity index is 237. The van der Waals surface area contributed by atoms with Crippen LogP contribution in [-0.2, 0) is 14.3 Å². The molecule has 15 heavy (non-hydrogen) atoms. The number of ether oxygens (including phenoxy) is 2. The highest BCUT2D eigenvalue weighted by Gasteiger charge is 2.20. The number of esters is 1.